The first kappa shape index (κ1) is 23.5. The molecule has 4 rings (SSSR count). The van der Waals surface area contributed by atoms with Gasteiger partial charge in [-0.15, -0.1) is 0 Å². The van der Waals surface area contributed by atoms with Crippen LogP contribution in [0.25, 0.3) is 0 Å². The molecule has 1 aliphatic carbocycles. The average molecular weight is 452 g/mol. The highest BCUT2D eigenvalue weighted by Crippen LogP contribution is 2.23. The lowest BCUT2D eigenvalue weighted by atomic mass is 9.94. The Morgan fingerprint density at radius 1 is 1.12 bits per heavy atom. The summed E-state index contributed by atoms with van der Waals surface area (Å²) in [5, 5.41) is 7.54. The molecule has 1 saturated heterocycles. The van der Waals surface area contributed by atoms with Gasteiger partial charge in [-0.25, -0.2) is 4.68 Å². The predicted octanol–water partition coefficient (Wildman–Crippen LogP) is 2.89. The fraction of sp³-hybridized carbons (Fsp3) is 0.577. The first-order valence-corrected chi connectivity index (χ1v) is 12.4. The molecule has 2 heterocycles. The number of benzene rings is 1. The van der Waals surface area contributed by atoms with E-state index in [9.17, 15) is 9.59 Å². The standard InChI is InChI=1S/C26H37N5O2/c1-29(23-12-6-3-7-13-23)16-14-27-26(33)22-11-8-15-30(20-22)24-17-25(32)31(28-18-24)19-21-9-4-2-5-10-21/h2,4-5,9-10,17-18,22-23H,3,6-8,11-16,19-20H2,1H3,(H,27,33)/t22-/m0/s1. The van der Waals surface area contributed by atoms with Gasteiger partial charge in [-0.05, 0) is 38.3 Å². The van der Waals surface area contributed by atoms with Gasteiger partial charge in [0, 0.05) is 38.3 Å². The van der Waals surface area contributed by atoms with Crippen LogP contribution in [-0.4, -0.2) is 59.9 Å². The number of nitrogens with one attached hydrogen (secondary N) is 1. The van der Waals surface area contributed by atoms with E-state index in [-0.39, 0.29) is 17.4 Å². The Hall–Kier alpha value is -2.67. The molecule has 0 bridgehead atoms. The topological polar surface area (TPSA) is 70.5 Å². The van der Waals surface area contributed by atoms with E-state index < -0.39 is 0 Å². The molecule has 1 aromatic carbocycles. The van der Waals surface area contributed by atoms with E-state index in [2.05, 4.69) is 27.3 Å². The smallest absolute Gasteiger partial charge is 0.269 e. The van der Waals surface area contributed by atoms with Crippen LogP contribution in [0.2, 0.25) is 0 Å². The molecule has 2 aromatic rings. The van der Waals surface area contributed by atoms with E-state index >= 15 is 0 Å². The maximum Gasteiger partial charge on any atom is 0.269 e. The summed E-state index contributed by atoms with van der Waals surface area (Å²) < 4.78 is 1.48. The minimum Gasteiger partial charge on any atom is -0.369 e. The van der Waals surface area contributed by atoms with Crippen LogP contribution in [0.3, 0.4) is 0 Å². The maximum atomic E-state index is 12.8. The molecule has 1 atom stereocenters. The molecule has 2 fully saturated rings. The molecule has 7 heteroatoms. The lowest BCUT2D eigenvalue weighted by molar-refractivity contribution is -0.125. The van der Waals surface area contributed by atoms with Crippen LogP contribution in [0.4, 0.5) is 5.69 Å². The third-order valence-electron chi connectivity index (χ3n) is 7.15. The van der Waals surface area contributed by atoms with Gasteiger partial charge < -0.3 is 15.1 Å². The number of rotatable bonds is 8. The molecule has 33 heavy (non-hydrogen) atoms. The maximum absolute atomic E-state index is 12.8. The zero-order chi connectivity index (χ0) is 23.0. The van der Waals surface area contributed by atoms with Crippen molar-refractivity contribution in [3.63, 3.8) is 0 Å². The highest BCUT2D eigenvalue weighted by molar-refractivity contribution is 5.79. The van der Waals surface area contributed by atoms with E-state index in [1.807, 2.05) is 30.3 Å². The summed E-state index contributed by atoms with van der Waals surface area (Å²) in [6.07, 6.45) is 10.1. The summed E-state index contributed by atoms with van der Waals surface area (Å²) >= 11 is 0. The van der Waals surface area contributed by atoms with Crippen molar-refractivity contribution in [1.29, 1.82) is 0 Å². The Bertz CT molecular complexity index is 955. The minimum absolute atomic E-state index is 0.0505. The lowest BCUT2D eigenvalue weighted by Gasteiger charge is -2.34. The van der Waals surface area contributed by atoms with Crippen molar-refractivity contribution in [2.75, 3.05) is 38.1 Å². The number of carbonyl (C=O) groups excluding carboxylic acids is 1. The summed E-state index contributed by atoms with van der Waals surface area (Å²) in [4.78, 5) is 30.0. The number of anilines is 1. The van der Waals surface area contributed by atoms with Crippen molar-refractivity contribution in [3.05, 3.63) is 58.5 Å². The third kappa shape index (κ3) is 6.44. The Morgan fingerprint density at radius 3 is 2.67 bits per heavy atom. The summed E-state index contributed by atoms with van der Waals surface area (Å²) in [6.45, 7) is 3.53. The number of hydrogen-bond donors (Lipinski definition) is 1. The highest BCUT2D eigenvalue weighted by atomic mass is 16.2. The van der Waals surface area contributed by atoms with Gasteiger partial charge in [-0.2, -0.15) is 5.10 Å². The molecule has 1 aromatic heterocycles. The van der Waals surface area contributed by atoms with Crippen molar-refractivity contribution in [3.8, 4) is 0 Å². The zero-order valence-electron chi connectivity index (χ0n) is 19.8. The van der Waals surface area contributed by atoms with E-state index in [0.29, 0.717) is 25.7 Å². The third-order valence-corrected chi connectivity index (χ3v) is 7.15. The van der Waals surface area contributed by atoms with Crippen LogP contribution < -0.4 is 15.8 Å². The van der Waals surface area contributed by atoms with Crippen LogP contribution in [0.1, 0.15) is 50.5 Å². The fourth-order valence-electron chi connectivity index (χ4n) is 5.10. The largest absolute Gasteiger partial charge is 0.369 e. The van der Waals surface area contributed by atoms with E-state index in [1.165, 1.54) is 36.8 Å². The highest BCUT2D eigenvalue weighted by Gasteiger charge is 2.26. The molecule has 1 amide bonds. The molecule has 1 saturated carbocycles. The van der Waals surface area contributed by atoms with E-state index in [0.717, 1.165) is 37.2 Å². The van der Waals surface area contributed by atoms with Crippen LogP contribution in [-0.2, 0) is 11.3 Å². The number of aromatic nitrogens is 2. The van der Waals surface area contributed by atoms with Crippen molar-refractivity contribution in [2.24, 2.45) is 5.92 Å². The van der Waals surface area contributed by atoms with Gasteiger partial charge in [-0.1, -0.05) is 49.6 Å². The van der Waals surface area contributed by atoms with Crippen LogP contribution in [0, 0.1) is 5.92 Å². The summed E-state index contributed by atoms with van der Waals surface area (Å²) in [5.74, 6) is 0.0765. The van der Waals surface area contributed by atoms with Gasteiger partial charge in [0.25, 0.3) is 5.56 Å². The van der Waals surface area contributed by atoms with E-state index in [1.54, 1.807) is 12.3 Å². The van der Waals surface area contributed by atoms with Crippen molar-refractivity contribution in [2.45, 2.75) is 57.5 Å². The number of carbonyl (C=O) groups is 1. The molecule has 2 aliphatic rings. The average Bonchev–Trinajstić information content (AvgIpc) is 2.86. The second kappa shape index (κ2) is 11.5. The lowest BCUT2D eigenvalue weighted by Crippen LogP contribution is -2.45. The molecule has 0 unspecified atom stereocenters. The second-order valence-electron chi connectivity index (χ2n) is 9.54. The predicted molar refractivity (Wildman–Crippen MR) is 131 cm³/mol. The van der Waals surface area contributed by atoms with Crippen molar-refractivity contribution < 1.29 is 4.79 Å². The second-order valence-corrected chi connectivity index (χ2v) is 9.54. The molecule has 0 radical (unpaired) electrons. The zero-order valence-corrected chi connectivity index (χ0v) is 19.8. The van der Waals surface area contributed by atoms with Crippen molar-refractivity contribution >= 4 is 11.6 Å². The molecule has 1 N–H and O–H groups in total. The number of amides is 1. The number of likely N-dealkylation sites (N-methyl/N-ethyl adjacent to an activating group) is 1. The SMILES string of the molecule is CN(CCNC(=O)[C@H]1CCCN(c2cnn(Cc3ccccc3)c(=O)c2)C1)C1CCCCC1. The normalized spacial score (nSPS) is 19.6. The molecule has 7 nitrogen and oxygen atoms in total. The van der Waals surface area contributed by atoms with Gasteiger partial charge in [-0.3, -0.25) is 9.59 Å². The number of piperidine rings is 1. The van der Waals surface area contributed by atoms with Gasteiger partial charge in [0.2, 0.25) is 5.91 Å². The first-order chi connectivity index (χ1) is 16.1. The van der Waals surface area contributed by atoms with Crippen LogP contribution in [0.5, 0.6) is 0 Å². The summed E-state index contributed by atoms with van der Waals surface area (Å²) in [5.41, 5.74) is 1.73. The first-order valence-electron chi connectivity index (χ1n) is 12.4. The Labute approximate surface area is 196 Å². The number of hydrogen-bond acceptors (Lipinski definition) is 5. The Morgan fingerprint density at radius 2 is 1.91 bits per heavy atom. The summed E-state index contributed by atoms with van der Waals surface area (Å²) in [6, 6.07) is 12.2. The number of nitrogens with zero attached hydrogens (tertiary/aromatic N) is 4. The molecular weight excluding hydrogens is 414 g/mol. The monoisotopic (exact) mass is 451 g/mol. The minimum atomic E-state index is -0.117. The summed E-state index contributed by atoms with van der Waals surface area (Å²) in [7, 11) is 2.18. The van der Waals surface area contributed by atoms with Gasteiger partial charge in [0.1, 0.15) is 0 Å². The molecule has 1 aliphatic heterocycles. The fourth-order valence-corrected chi connectivity index (χ4v) is 5.10. The Balaban J connectivity index is 1.28. The Kier molecular flexibility index (Phi) is 8.15. The molecule has 178 valence electrons. The molecule has 0 spiro atoms. The quantitative estimate of drug-likeness (QED) is 0.668. The van der Waals surface area contributed by atoms with Gasteiger partial charge >= 0.3 is 0 Å². The van der Waals surface area contributed by atoms with Crippen molar-refractivity contribution in [1.82, 2.24) is 20.0 Å². The van der Waals surface area contributed by atoms with Crippen LogP contribution >= 0.6 is 0 Å². The van der Waals surface area contributed by atoms with Crippen LogP contribution in [0.15, 0.2) is 47.4 Å². The van der Waals surface area contributed by atoms with E-state index in [4.69, 9.17) is 0 Å². The van der Waals surface area contributed by atoms with Gasteiger partial charge in [0.05, 0.1) is 24.3 Å². The van der Waals surface area contributed by atoms with Gasteiger partial charge in [0.15, 0.2) is 0 Å². The molecular formula is C26H37N5O2.